The van der Waals surface area contributed by atoms with Crippen molar-refractivity contribution < 1.29 is 4.79 Å². The van der Waals surface area contributed by atoms with E-state index in [2.05, 4.69) is 0 Å². The van der Waals surface area contributed by atoms with Crippen LogP contribution in [-0.2, 0) is 4.79 Å². The number of halogens is 2. The van der Waals surface area contributed by atoms with Gasteiger partial charge in [0.25, 0.3) is 0 Å². The fourth-order valence-electron chi connectivity index (χ4n) is 0.651. The topological polar surface area (TPSA) is 43.1 Å². The molecule has 0 heterocycles. The third-order valence-electron chi connectivity index (χ3n) is 1.36. The molecule has 0 aliphatic rings. The number of hydrogen-bond acceptors (Lipinski definition) is 3. The minimum atomic E-state index is -0.593. The van der Waals surface area contributed by atoms with Crippen molar-refractivity contribution in [3.8, 4) is 0 Å². The van der Waals surface area contributed by atoms with Gasteiger partial charge in [0.2, 0.25) is 5.91 Å². The lowest BCUT2D eigenvalue weighted by Crippen LogP contribution is -2.35. The molecule has 0 spiro atoms. The summed E-state index contributed by atoms with van der Waals surface area (Å²) in [6.07, 6.45) is 0. The zero-order chi connectivity index (χ0) is 10.3. The summed E-state index contributed by atoms with van der Waals surface area (Å²) in [7, 11) is 0. The maximum absolute atomic E-state index is 11.1. The van der Waals surface area contributed by atoms with E-state index in [1.807, 2.05) is 6.92 Å². The molecule has 0 saturated carbocycles. The van der Waals surface area contributed by atoms with E-state index in [1.54, 1.807) is 0 Å². The van der Waals surface area contributed by atoms with Crippen molar-refractivity contribution in [2.24, 2.45) is 5.73 Å². The number of carbonyl (C=O) groups is 1. The van der Waals surface area contributed by atoms with Crippen LogP contribution >= 0.6 is 46.7 Å². The van der Waals surface area contributed by atoms with E-state index in [9.17, 15) is 4.79 Å². The van der Waals surface area contributed by atoms with Crippen LogP contribution in [0.1, 0.15) is 6.92 Å². The number of thioether (sulfide) groups is 2. The minimum absolute atomic E-state index is 0.322. The molecule has 0 aromatic rings. The number of carbonyl (C=O) groups excluding carboxylic acids is 1. The summed E-state index contributed by atoms with van der Waals surface area (Å²) in [6, 6.07) is 0. The van der Waals surface area contributed by atoms with Crippen molar-refractivity contribution in [1.82, 2.24) is 0 Å². The summed E-state index contributed by atoms with van der Waals surface area (Å²) in [5.41, 5.74) is 5.29. The molecule has 0 bridgehead atoms. The van der Waals surface area contributed by atoms with Crippen molar-refractivity contribution in [3.05, 3.63) is 0 Å². The molecule has 2 N–H and O–H groups in total. The van der Waals surface area contributed by atoms with Crippen LogP contribution in [0, 0.1) is 0 Å². The second kappa shape index (κ2) is 7.10. The van der Waals surface area contributed by atoms with E-state index in [4.69, 9.17) is 28.9 Å². The Morgan fingerprint density at radius 2 is 1.69 bits per heavy atom. The molecule has 0 aromatic heterocycles. The summed E-state index contributed by atoms with van der Waals surface area (Å²) < 4.78 is -0.593. The Kier molecular flexibility index (Phi) is 7.51. The van der Waals surface area contributed by atoms with Crippen molar-refractivity contribution in [3.63, 3.8) is 0 Å². The normalized spacial score (nSPS) is 11.6. The van der Waals surface area contributed by atoms with Gasteiger partial charge in [-0.15, -0.1) is 46.7 Å². The molecule has 0 saturated heterocycles. The number of primary amides is 1. The molecule has 0 aliphatic heterocycles. The van der Waals surface area contributed by atoms with Crippen LogP contribution < -0.4 is 5.73 Å². The van der Waals surface area contributed by atoms with E-state index in [-0.39, 0.29) is 5.91 Å². The smallest absolute Gasteiger partial charge is 0.243 e. The molecule has 0 radical (unpaired) electrons. The molecule has 0 fully saturated rings. The van der Waals surface area contributed by atoms with Crippen molar-refractivity contribution >= 4 is 52.6 Å². The highest BCUT2D eigenvalue weighted by molar-refractivity contribution is 8.19. The van der Waals surface area contributed by atoms with Gasteiger partial charge in [-0.25, -0.2) is 0 Å². The molecule has 0 aromatic carbocycles. The van der Waals surface area contributed by atoms with Gasteiger partial charge in [0.05, 0.1) is 0 Å². The quantitative estimate of drug-likeness (QED) is 0.564. The van der Waals surface area contributed by atoms with Gasteiger partial charge in [-0.1, -0.05) is 0 Å². The average Bonchev–Trinajstić information content (AvgIpc) is 2.11. The largest absolute Gasteiger partial charge is 0.368 e. The number of nitrogens with two attached hydrogens (primary N) is 1. The van der Waals surface area contributed by atoms with Crippen molar-refractivity contribution in [2.75, 3.05) is 23.3 Å². The Bertz CT molecular complexity index is 161. The van der Waals surface area contributed by atoms with E-state index in [0.29, 0.717) is 11.8 Å². The Morgan fingerprint density at radius 3 is 1.92 bits per heavy atom. The standard InChI is InChI=1S/C7H13Cl2NOS2/c1-7(6(10)11,12-4-2-8)13-5-3-9/h2-5H2,1H3,(H2,10,11). The first-order valence-corrected chi connectivity index (χ1v) is 6.80. The highest BCUT2D eigenvalue weighted by Gasteiger charge is 2.31. The van der Waals surface area contributed by atoms with Crippen LogP contribution in [0.2, 0.25) is 0 Å². The number of alkyl halides is 2. The summed E-state index contributed by atoms with van der Waals surface area (Å²) >= 11 is 14.0. The van der Waals surface area contributed by atoms with Crippen LogP contribution in [0.4, 0.5) is 0 Å². The zero-order valence-electron chi connectivity index (χ0n) is 7.39. The van der Waals surface area contributed by atoms with E-state index in [1.165, 1.54) is 23.5 Å². The Hall–Kier alpha value is 0.750. The summed E-state index contributed by atoms with van der Waals surface area (Å²) in [4.78, 5) is 11.1. The van der Waals surface area contributed by atoms with Gasteiger partial charge in [0.15, 0.2) is 0 Å². The SMILES string of the molecule is CC(SCCCl)(SCCCl)C(N)=O. The fraction of sp³-hybridized carbons (Fsp3) is 0.857. The highest BCUT2D eigenvalue weighted by Crippen LogP contribution is 2.36. The molecule has 0 aliphatic carbocycles. The number of hydrogen-bond donors (Lipinski definition) is 1. The van der Waals surface area contributed by atoms with Crippen molar-refractivity contribution in [2.45, 2.75) is 11.0 Å². The first-order valence-electron chi connectivity index (χ1n) is 3.76. The van der Waals surface area contributed by atoms with Gasteiger partial charge in [-0.05, 0) is 6.92 Å². The maximum Gasteiger partial charge on any atom is 0.243 e. The minimum Gasteiger partial charge on any atom is -0.368 e. The lowest BCUT2D eigenvalue weighted by atomic mass is 10.4. The Labute approximate surface area is 97.3 Å². The maximum atomic E-state index is 11.1. The lowest BCUT2D eigenvalue weighted by molar-refractivity contribution is -0.117. The van der Waals surface area contributed by atoms with Gasteiger partial charge in [0.1, 0.15) is 4.08 Å². The van der Waals surface area contributed by atoms with E-state index >= 15 is 0 Å². The molecule has 78 valence electrons. The first-order chi connectivity index (χ1) is 6.06. The predicted octanol–water partition coefficient (Wildman–Crippen LogP) is 2.13. The van der Waals surface area contributed by atoms with Crippen LogP contribution in [0.3, 0.4) is 0 Å². The second-order valence-corrected chi connectivity index (χ2v) is 6.43. The third-order valence-corrected chi connectivity index (χ3v) is 5.21. The van der Waals surface area contributed by atoms with E-state index < -0.39 is 4.08 Å². The molecule has 13 heavy (non-hydrogen) atoms. The monoisotopic (exact) mass is 261 g/mol. The number of amides is 1. The van der Waals surface area contributed by atoms with Gasteiger partial charge < -0.3 is 5.73 Å². The molecular weight excluding hydrogens is 249 g/mol. The van der Waals surface area contributed by atoms with Gasteiger partial charge in [-0.2, -0.15) is 0 Å². The van der Waals surface area contributed by atoms with Crippen LogP contribution in [0.25, 0.3) is 0 Å². The first kappa shape index (κ1) is 13.8. The molecule has 0 unspecified atom stereocenters. The summed E-state index contributed by atoms with van der Waals surface area (Å²) in [6.45, 7) is 1.81. The van der Waals surface area contributed by atoms with Gasteiger partial charge in [0, 0.05) is 23.3 Å². The Balaban J connectivity index is 4.08. The average molecular weight is 262 g/mol. The van der Waals surface area contributed by atoms with Gasteiger partial charge >= 0.3 is 0 Å². The highest BCUT2D eigenvalue weighted by atomic mass is 35.5. The van der Waals surface area contributed by atoms with Crippen molar-refractivity contribution in [1.29, 1.82) is 0 Å². The fourth-order valence-corrected chi connectivity index (χ4v) is 3.16. The number of rotatable bonds is 7. The second-order valence-electron chi connectivity index (χ2n) is 2.38. The predicted molar refractivity (Wildman–Crippen MR) is 64.0 cm³/mol. The van der Waals surface area contributed by atoms with Crippen LogP contribution in [-0.4, -0.2) is 33.3 Å². The summed E-state index contributed by atoms with van der Waals surface area (Å²) in [5.74, 6) is 2.16. The Morgan fingerprint density at radius 1 is 1.31 bits per heavy atom. The molecule has 0 atom stereocenters. The molecule has 1 amide bonds. The van der Waals surface area contributed by atoms with Gasteiger partial charge in [-0.3, -0.25) is 4.79 Å². The van der Waals surface area contributed by atoms with Crippen LogP contribution in [0.5, 0.6) is 0 Å². The molecule has 2 nitrogen and oxygen atoms in total. The third kappa shape index (κ3) is 5.25. The lowest BCUT2D eigenvalue weighted by Gasteiger charge is -2.23. The molecule has 6 heteroatoms. The molecule has 0 rings (SSSR count). The molecular formula is C7H13Cl2NOS2. The summed E-state index contributed by atoms with van der Waals surface area (Å²) in [5, 5.41) is 0. The van der Waals surface area contributed by atoms with E-state index in [0.717, 1.165) is 11.5 Å². The van der Waals surface area contributed by atoms with Crippen LogP contribution in [0.15, 0.2) is 0 Å². The zero-order valence-corrected chi connectivity index (χ0v) is 10.5.